The Hall–Kier alpha value is -3.74. The van der Waals surface area contributed by atoms with Crippen LogP contribution in [0.5, 0.6) is 5.75 Å². The molecule has 0 aliphatic carbocycles. The smallest absolute Gasteiger partial charge is 0.323 e. The summed E-state index contributed by atoms with van der Waals surface area (Å²) < 4.78 is 5.74. The van der Waals surface area contributed by atoms with Gasteiger partial charge in [0.25, 0.3) is 5.91 Å². The number of carbonyl (C=O) groups is 1. The summed E-state index contributed by atoms with van der Waals surface area (Å²) in [4.78, 5) is 31.6. The first-order valence-corrected chi connectivity index (χ1v) is 12.8. The number of rotatable bonds is 8. The third-order valence-corrected chi connectivity index (χ3v) is 7.28. The zero-order chi connectivity index (χ0) is 25.8. The molecule has 1 amide bonds. The SMILES string of the molecule is O=C1N/C(=N/O)SC1=Cc1ccc(N2CCC(NC[C@H](O)COc3cccc4[nH]c(=O)[nH]c34)CC2)cc1. The minimum Gasteiger partial charge on any atom is -0.489 e. The van der Waals surface area contributed by atoms with E-state index in [0.717, 1.165) is 48.9 Å². The fourth-order valence-corrected chi connectivity index (χ4v) is 5.18. The number of amidine groups is 1. The summed E-state index contributed by atoms with van der Waals surface area (Å²) in [5, 5.41) is 28.3. The summed E-state index contributed by atoms with van der Waals surface area (Å²) in [7, 11) is 0. The second kappa shape index (κ2) is 11.1. The Morgan fingerprint density at radius 2 is 1.95 bits per heavy atom. The number of imidazole rings is 1. The number of nitrogens with zero attached hydrogens (tertiary/aromatic N) is 2. The third kappa shape index (κ3) is 5.98. The largest absolute Gasteiger partial charge is 0.489 e. The zero-order valence-electron chi connectivity index (χ0n) is 19.9. The predicted molar refractivity (Wildman–Crippen MR) is 143 cm³/mol. The number of aromatic amines is 2. The summed E-state index contributed by atoms with van der Waals surface area (Å²) >= 11 is 1.10. The molecule has 0 unspecified atom stereocenters. The number of carbonyl (C=O) groups excluding carboxylic acids is 1. The van der Waals surface area contributed by atoms with Crippen LogP contribution in [0.4, 0.5) is 5.69 Å². The fraction of sp³-hybridized carbons (Fsp3) is 0.320. The van der Waals surface area contributed by atoms with E-state index in [0.29, 0.717) is 34.3 Å². The summed E-state index contributed by atoms with van der Waals surface area (Å²) in [6.45, 7) is 2.32. The van der Waals surface area contributed by atoms with Gasteiger partial charge in [0.2, 0.25) is 5.17 Å². The maximum Gasteiger partial charge on any atom is 0.323 e. The van der Waals surface area contributed by atoms with Gasteiger partial charge in [-0.2, -0.15) is 0 Å². The number of H-pyrrole nitrogens is 2. The number of fused-ring (bicyclic) bond motifs is 1. The molecule has 2 aromatic carbocycles. The van der Waals surface area contributed by atoms with E-state index in [1.54, 1.807) is 24.3 Å². The summed E-state index contributed by atoms with van der Waals surface area (Å²) in [5.74, 6) is 0.252. The first-order valence-electron chi connectivity index (χ1n) is 12.0. The van der Waals surface area contributed by atoms with Crippen molar-refractivity contribution in [2.75, 3.05) is 31.1 Å². The van der Waals surface area contributed by atoms with Gasteiger partial charge in [0.15, 0.2) is 0 Å². The van der Waals surface area contributed by atoms with E-state index in [4.69, 9.17) is 9.94 Å². The quantitative estimate of drug-likeness (QED) is 0.148. The first kappa shape index (κ1) is 24.9. The van der Waals surface area contributed by atoms with Gasteiger partial charge in [-0.25, -0.2) is 4.79 Å². The molecule has 5 rings (SSSR count). The monoisotopic (exact) mass is 524 g/mol. The van der Waals surface area contributed by atoms with E-state index in [-0.39, 0.29) is 23.4 Å². The normalized spacial score (nSPS) is 19.6. The van der Waals surface area contributed by atoms with Gasteiger partial charge in [0, 0.05) is 31.4 Å². The number of oxime groups is 1. The van der Waals surface area contributed by atoms with Crippen LogP contribution >= 0.6 is 11.8 Å². The number of aliphatic hydroxyl groups excluding tert-OH is 1. The molecule has 0 bridgehead atoms. The van der Waals surface area contributed by atoms with Crippen LogP contribution in [-0.2, 0) is 4.79 Å². The Kier molecular flexibility index (Phi) is 7.49. The van der Waals surface area contributed by atoms with Crippen LogP contribution < -0.4 is 26.0 Å². The molecule has 12 heteroatoms. The van der Waals surface area contributed by atoms with Crippen molar-refractivity contribution in [2.45, 2.75) is 25.0 Å². The van der Waals surface area contributed by atoms with Crippen LogP contribution in [0.3, 0.4) is 0 Å². The number of hydrogen-bond acceptors (Lipinski definition) is 9. The van der Waals surface area contributed by atoms with Gasteiger partial charge in [0.05, 0.1) is 10.4 Å². The molecule has 1 aromatic heterocycles. The number of thioether (sulfide) groups is 1. The van der Waals surface area contributed by atoms with Crippen LogP contribution in [0.15, 0.2) is 57.3 Å². The third-order valence-electron chi connectivity index (χ3n) is 6.38. The number of ether oxygens (including phenoxy) is 1. The van der Waals surface area contributed by atoms with Gasteiger partial charge in [-0.1, -0.05) is 23.4 Å². The molecule has 11 nitrogen and oxygen atoms in total. The molecule has 0 saturated carbocycles. The van der Waals surface area contributed by atoms with E-state index >= 15 is 0 Å². The van der Waals surface area contributed by atoms with E-state index in [9.17, 15) is 14.7 Å². The van der Waals surface area contributed by atoms with Crippen molar-refractivity contribution in [3.05, 3.63) is 63.4 Å². The highest BCUT2D eigenvalue weighted by atomic mass is 32.2. The fourth-order valence-electron chi connectivity index (χ4n) is 4.45. The van der Waals surface area contributed by atoms with Gasteiger partial charge in [-0.3, -0.25) is 10.1 Å². The number of aromatic nitrogens is 2. The molecule has 194 valence electrons. The molecule has 37 heavy (non-hydrogen) atoms. The van der Waals surface area contributed by atoms with E-state index < -0.39 is 6.10 Å². The summed E-state index contributed by atoms with van der Waals surface area (Å²) in [6, 6.07) is 13.7. The molecule has 2 fully saturated rings. The average Bonchev–Trinajstić information content (AvgIpc) is 3.48. The predicted octanol–water partition coefficient (Wildman–Crippen LogP) is 1.80. The first-order chi connectivity index (χ1) is 18.0. The number of piperidine rings is 1. The van der Waals surface area contributed by atoms with Gasteiger partial charge in [0.1, 0.15) is 24.0 Å². The second-order valence-electron chi connectivity index (χ2n) is 8.95. The standard InChI is InChI=1S/C25H28N6O5S/c32-18(14-36-20-3-1-2-19-22(20)28-24(34)27-19)13-26-16-8-10-31(11-9-16)17-6-4-15(5-7-17)12-21-23(33)29-25(30-35)37-21/h1-7,12,16,18,26,32,35H,8-11,13-14H2,(H2,27,28,34)(H,29,30,33)/t18-/m0/s1. The average molecular weight is 525 g/mol. The minimum atomic E-state index is -0.680. The second-order valence-corrected chi connectivity index (χ2v) is 9.98. The van der Waals surface area contributed by atoms with E-state index in [1.807, 2.05) is 24.3 Å². The molecule has 6 N–H and O–H groups in total. The van der Waals surface area contributed by atoms with E-state index in [1.165, 1.54) is 0 Å². The Balaban J connectivity index is 1.06. The minimum absolute atomic E-state index is 0.120. The van der Waals surface area contributed by atoms with Gasteiger partial charge in [-0.05, 0) is 60.5 Å². The Bertz CT molecular complexity index is 1370. The zero-order valence-corrected chi connectivity index (χ0v) is 20.8. The number of amides is 1. The van der Waals surface area contributed by atoms with Gasteiger partial charge >= 0.3 is 5.69 Å². The molecule has 2 aliphatic heterocycles. The molecular formula is C25H28N6O5S. The Labute approximate surface area is 216 Å². The molecule has 2 aliphatic rings. The van der Waals surface area contributed by atoms with Crippen molar-refractivity contribution in [1.82, 2.24) is 20.6 Å². The van der Waals surface area contributed by atoms with E-state index in [2.05, 4.69) is 30.7 Å². The highest BCUT2D eigenvalue weighted by Gasteiger charge is 2.24. The van der Waals surface area contributed by atoms with Crippen molar-refractivity contribution in [1.29, 1.82) is 0 Å². The lowest BCUT2D eigenvalue weighted by Crippen LogP contribution is -2.45. The highest BCUT2D eigenvalue weighted by molar-refractivity contribution is 8.18. The van der Waals surface area contributed by atoms with Crippen LogP contribution in [0.2, 0.25) is 0 Å². The number of nitrogens with one attached hydrogen (secondary N) is 4. The van der Waals surface area contributed by atoms with Crippen LogP contribution in [-0.4, -0.2) is 69.7 Å². The number of para-hydroxylation sites is 1. The lowest BCUT2D eigenvalue weighted by atomic mass is 10.0. The van der Waals surface area contributed by atoms with Crippen LogP contribution in [0, 0.1) is 0 Å². The van der Waals surface area contributed by atoms with Crippen LogP contribution in [0.25, 0.3) is 17.1 Å². The number of benzene rings is 2. The topological polar surface area (TPSA) is 155 Å². The van der Waals surface area contributed by atoms with Crippen molar-refractivity contribution < 1.29 is 19.8 Å². The lowest BCUT2D eigenvalue weighted by Gasteiger charge is -2.34. The number of aliphatic hydroxyl groups is 1. The highest BCUT2D eigenvalue weighted by Crippen LogP contribution is 2.27. The van der Waals surface area contributed by atoms with Crippen molar-refractivity contribution in [3.63, 3.8) is 0 Å². The van der Waals surface area contributed by atoms with Crippen molar-refractivity contribution >= 4 is 45.6 Å². The van der Waals surface area contributed by atoms with Gasteiger partial charge < -0.3 is 35.2 Å². The molecule has 1 atom stereocenters. The lowest BCUT2D eigenvalue weighted by molar-refractivity contribution is -0.115. The summed E-state index contributed by atoms with van der Waals surface area (Å²) in [6.07, 6.45) is 2.98. The van der Waals surface area contributed by atoms with Crippen molar-refractivity contribution in [3.8, 4) is 5.75 Å². The summed E-state index contributed by atoms with van der Waals surface area (Å²) in [5.41, 5.74) is 2.98. The van der Waals surface area contributed by atoms with Gasteiger partial charge in [-0.15, -0.1) is 0 Å². The van der Waals surface area contributed by atoms with Crippen LogP contribution in [0.1, 0.15) is 18.4 Å². The Morgan fingerprint density at radius 3 is 2.68 bits per heavy atom. The van der Waals surface area contributed by atoms with Crippen molar-refractivity contribution in [2.24, 2.45) is 5.16 Å². The maximum absolute atomic E-state index is 11.9. The molecular weight excluding hydrogens is 496 g/mol. The maximum atomic E-state index is 11.9. The molecule has 0 spiro atoms. The number of hydrogen-bond donors (Lipinski definition) is 6. The Morgan fingerprint density at radius 1 is 1.16 bits per heavy atom. The molecule has 0 radical (unpaired) electrons. The molecule has 3 heterocycles. The molecule has 3 aromatic rings. The number of anilines is 1. The molecule has 2 saturated heterocycles.